The van der Waals surface area contributed by atoms with Crippen LogP contribution in [-0.2, 0) is 0 Å². The Morgan fingerprint density at radius 2 is 2.19 bits per heavy atom. The van der Waals surface area contributed by atoms with Crippen molar-refractivity contribution in [2.45, 2.75) is 12.3 Å². The summed E-state index contributed by atoms with van der Waals surface area (Å²) in [5, 5.41) is 3.60. The first-order valence-electron chi connectivity index (χ1n) is 6.97. The van der Waals surface area contributed by atoms with E-state index in [1.165, 1.54) is 16.9 Å². The number of amides is 1. The second-order valence-corrected chi connectivity index (χ2v) is 6.13. The number of aromatic nitrogens is 1. The fourth-order valence-electron chi connectivity index (χ4n) is 2.68. The minimum atomic E-state index is -0.00932. The third kappa shape index (κ3) is 2.71. The predicted octanol–water partition coefficient (Wildman–Crippen LogP) is 2.40. The molecule has 0 bridgehead atoms. The SMILES string of the molecule is CNc1nc(N)c(C(=O)N2CCC(c3ccccc3)C2)s1. The number of hydrogen-bond acceptors (Lipinski definition) is 5. The van der Waals surface area contributed by atoms with Crippen LogP contribution in [0.1, 0.15) is 27.6 Å². The summed E-state index contributed by atoms with van der Waals surface area (Å²) in [4.78, 5) is 19.1. The predicted molar refractivity (Wildman–Crippen MR) is 85.8 cm³/mol. The zero-order chi connectivity index (χ0) is 14.8. The Hall–Kier alpha value is -2.08. The Morgan fingerprint density at radius 1 is 1.43 bits per heavy atom. The number of nitrogens with zero attached hydrogens (tertiary/aromatic N) is 2. The number of anilines is 2. The molecule has 1 unspecified atom stereocenters. The lowest BCUT2D eigenvalue weighted by Crippen LogP contribution is -2.28. The van der Waals surface area contributed by atoms with Gasteiger partial charge in [-0.25, -0.2) is 4.98 Å². The first kappa shape index (κ1) is 13.9. The van der Waals surface area contributed by atoms with Crippen LogP contribution in [0.2, 0.25) is 0 Å². The Balaban J connectivity index is 1.73. The zero-order valence-corrected chi connectivity index (χ0v) is 12.7. The van der Waals surface area contributed by atoms with Crippen LogP contribution in [-0.4, -0.2) is 35.9 Å². The number of likely N-dealkylation sites (tertiary alicyclic amines) is 1. The molecule has 1 aromatic heterocycles. The van der Waals surface area contributed by atoms with Gasteiger partial charge >= 0.3 is 0 Å². The molecule has 21 heavy (non-hydrogen) atoms. The van der Waals surface area contributed by atoms with Crippen LogP contribution in [0, 0.1) is 0 Å². The van der Waals surface area contributed by atoms with E-state index in [1.54, 1.807) is 7.05 Å². The van der Waals surface area contributed by atoms with Gasteiger partial charge in [0.25, 0.3) is 5.91 Å². The van der Waals surface area contributed by atoms with Gasteiger partial charge in [-0.1, -0.05) is 41.7 Å². The maximum atomic E-state index is 12.6. The molecule has 3 rings (SSSR count). The van der Waals surface area contributed by atoms with Crippen LogP contribution in [0.3, 0.4) is 0 Å². The van der Waals surface area contributed by atoms with Crippen molar-refractivity contribution in [2.75, 3.05) is 31.2 Å². The molecule has 1 saturated heterocycles. The lowest BCUT2D eigenvalue weighted by Gasteiger charge is -2.15. The Kier molecular flexibility index (Phi) is 3.79. The number of thiazole rings is 1. The molecule has 5 nitrogen and oxygen atoms in total. The van der Waals surface area contributed by atoms with Crippen molar-refractivity contribution in [3.8, 4) is 0 Å². The zero-order valence-electron chi connectivity index (χ0n) is 11.9. The van der Waals surface area contributed by atoms with E-state index >= 15 is 0 Å². The number of carbonyl (C=O) groups is 1. The van der Waals surface area contributed by atoms with Crippen molar-refractivity contribution < 1.29 is 4.79 Å². The summed E-state index contributed by atoms with van der Waals surface area (Å²) >= 11 is 1.31. The highest BCUT2D eigenvalue weighted by Crippen LogP contribution is 2.31. The average Bonchev–Trinajstić information content (AvgIpc) is 3.14. The Bertz CT molecular complexity index is 640. The Labute approximate surface area is 127 Å². The molecule has 3 N–H and O–H groups in total. The Morgan fingerprint density at radius 3 is 2.86 bits per heavy atom. The standard InChI is InChI=1S/C15H18N4OS/c1-17-15-18-13(16)12(21-15)14(20)19-8-7-11(9-19)10-5-3-2-4-6-10/h2-6,11H,7-9,16H2,1H3,(H,17,18). The van der Waals surface area contributed by atoms with Crippen LogP contribution in [0.5, 0.6) is 0 Å². The number of nitrogens with two attached hydrogens (primary N) is 1. The molecule has 110 valence electrons. The highest BCUT2D eigenvalue weighted by atomic mass is 32.1. The van der Waals surface area contributed by atoms with Gasteiger partial charge in [-0.3, -0.25) is 4.79 Å². The quantitative estimate of drug-likeness (QED) is 0.913. The van der Waals surface area contributed by atoms with Crippen molar-refractivity contribution in [2.24, 2.45) is 0 Å². The van der Waals surface area contributed by atoms with Crippen molar-refractivity contribution in [1.29, 1.82) is 0 Å². The van der Waals surface area contributed by atoms with E-state index in [0.717, 1.165) is 19.5 Å². The summed E-state index contributed by atoms with van der Waals surface area (Å²) in [5.74, 6) is 0.718. The number of rotatable bonds is 3. The number of benzene rings is 1. The topological polar surface area (TPSA) is 71.2 Å². The van der Waals surface area contributed by atoms with Crippen molar-refractivity contribution in [3.05, 3.63) is 40.8 Å². The van der Waals surface area contributed by atoms with Crippen LogP contribution >= 0.6 is 11.3 Å². The monoisotopic (exact) mass is 302 g/mol. The molecular formula is C15H18N4OS. The van der Waals surface area contributed by atoms with Crippen LogP contribution < -0.4 is 11.1 Å². The third-order valence-electron chi connectivity index (χ3n) is 3.81. The highest BCUT2D eigenvalue weighted by molar-refractivity contribution is 7.18. The van der Waals surface area contributed by atoms with E-state index < -0.39 is 0 Å². The van der Waals surface area contributed by atoms with Gasteiger partial charge in [0, 0.05) is 26.1 Å². The van der Waals surface area contributed by atoms with E-state index in [4.69, 9.17) is 5.73 Å². The summed E-state index contributed by atoms with van der Waals surface area (Å²) in [5.41, 5.74) is 7.14. The van der Waals surface area contributed by atoms with Crippen molar-refractivity contribution in [3.63, 3.8) is 0 Å². The second kappa shape index (κ2) is 5.73. The van der Waals surface area contributed by atoms with Crippen molar-refractivity contribution >= 4 is 28.2 Å². The van der Waals surface area contributed by atoms with E-state index in [1.807, 2.05) is 23.1 Å². The summed E-state index contributed by atoms with van der Waals surface area (Å²) in [6.45, 7) is 1.51. The fourth-order valence-corrected chi connectivity index (χ4v) is 3.48. The van der Waals surface area contributed by atoms with E-state index in [-0.39, 0.29) is 5.91 Å². The first-order valence-corrected chi connectivity index (χ1v) is 7.79. The molecule has 0 spiro atoms. The largest absolute Gasteiger partial charge is 0.382 e. The lowest BCUT2D eigenvalue weighted by atomic mass is 9.99. The maximum Gasteiger partial charge on any atom is 0.267 e. The summed E-state index contributed by atoms with van der Waals surface area (Å²) in [6, 6.07) is 10.3. The molecule has 2 aromatic rings. The fraction of sp³-hybridized carbons (Fsp3) is 0.333. The second-order valence-electron chi connectivity index (χ2n) is 5.13. The van der Waals surface area contributed by atoms with E-state index in [0.29, 0.717) is 21.7 Å². The van der Waals surface area contributed by atoms with Gasteiger partial charge in [0.2, 0.25) is 0 Å². The molecule has 6 heteroatoms. The molecule has 1 aromatic carbocycles. The first-order chi connectivity index (χ1) is 10.2. The van der Waals surface area contributed by atoms with E-state index in [2.05, 4.69) is 22.4 Å². The van der Waals surface area contributed by atoms with Gasteiger partial charge < -0.3 is 16.0 Å². The minimum Gasteiger partial charge on any atom is -0.382 e. The van der Waals surface area contributed by atoms with Crippen LogP contribution in [0.4, 0.5) is 10.9 Å². The van der Waals surface area contributed by atoms with Gasteiger partial charge in [-0.2, -0.15) is 0 Å². The molecule has 0 aliphatic carbocycles. The molecule has 2 heterocycles. The minimum absolute atomic E-state index is 0.00932. The van der Waals surface area contributed by atoms with Crippen LogP contribution in [0.15, 0.2) is 30.3 Å². The number of carbonyl (C=O) groups excluding carboxylic acids is 1. The third-order valence-corrected chi connectivity index (χ3v) is 4.88. The number of nitrogens with one attached hydrogen (secondary N) is 1. The molecule has 1 atom stereocenters. The maximum absolute atomic E-state index is 12.6. The number of hydrogen-bond donors (Lipinski definition) is 2. The van der Waals surface area contributed by atoms with Crippen molar-refractivity contribution in [1.82, 2.24) is 9.88 Å². The van der Waals surface area contributed by atoms with Gasteiger partial charge in [-0.15, -0.1) is 0 Å². The van der Waals surface area contributed by atoms with E-state index in [9.17, 15) is 4.79 Å². The lowest BCUT2D eigenvalue weighted by molar-refractivity contribution is 0.0796. The van der Waals surface area contributed by atoms with Gasteiger partial charge in [0.1, 0.15) is 10.7 Å². The molecular weight excluding hydrogens is 284 g/mol. The summed E-state index contributed by atoms with van der Waals surface area (Å²) < 4.78 is 0. The summed E-state index contributed by atoms with van der Waals surface area (Å²) in [7, 11) is 1.77. The van der Waals surface area contributed by atoms with Gasteiger partial charge in [-0.05, 0) is 12.0 Å². The summed E-state index contributed by atoms with van der Waals surface area (Å²) in [6.07, 6.45) is 0.993. The van der Waals surface area contributed by atoms with Crippen LogP contribution in [0.25, 0.3) is 0 Å². The smallest absolute Gasteiger partial charge is 0.267 e. The average molecular weight is 302 g/mol. The molecule has 0 saturated carbocycles. The number of nitrogen functional groups attached to an aromatic ring is 1. The molecule has 1 aliphatic rings. The molecule has 1 fully saturated rings. The van der Waals surface area contributed by atoms with Gasteiger partial charge in [0.05, 0.1) is 0 Å². The highest BCUT2D eigenvalue weighted by Gasteiger charge is 2.30. The molecule has 0 radical (unpaired) electrons. The van der Waals surface area contributed by atoms with Gasteiger partial charge in [0.15, 0.2) is 5.13 Å². The molecule has 1 amide bonds. The molecule has 1 aliphatic heterocycles. The normalized spacial score (nSPS) is 18.0.